The first kappa shape index (κ1) is 64.4. The fourth-order valence-corrected chi connectivity index (χ4v) is 7.97. The third-order valence-corrected chi connectivity index (χ3v) is 11.6. The molecule has 0 spiro atoms. The molecule has 1 saturated carbocycles. The molecule has 9 atom stereocenters. The number of ether oxygens (including phenoxy) is 2. The van der Waals surface area contributed by atoms with Crippen molar-refractivity contribution < 1.29 is 82.0 Å². The maximum Gasteiger partial charge on any atom is 0.472 e. The molecule has 70 heavy (non-hydrogen) atoms. The minimum Gasteiger partial charge on any atom is -0.462 e. The van der Waals surface area contributed by atoms with Crippen LogP contribution in [-0.4, -0.2) is 114 Å². The maximum atomic E-state index is 13.0. The number of hydrogen-bond donors (Lipinski definition) is 8. The molecule has 8 N–H and O–H groups in total. The van der Waals surface area contributed by atoms with Crippen molar-refractivity contribution in [2.45, 2.75) is 172 Å². The molecule has 17 nitrogen and oxygen atoms in total. The van der Waals surface area contributed by atoms with E-state index in [4.69, 9.17) is 18.5 Å². The molecule has 0 aromatic heterocycles. The summed E-state index contributed by atoms with van der Waals surface area (Å²) >= 11 is 0. The molecule has 396 valence electrons. The second-order valence-corrected chi connectivity index (χ2v) is 18.9. The van der Waals surface area contributed by atoms with Gasteiger partial charge in [-0.2, -0.15) is 0 Å². The third kappa shape index (κ3) is 33.9. The first-order valence-electron chi connectivity index (χ1n) is 24.2. The van der Waals surface area contributed by atoms with Crippen molar-refractivity contribution in [3.05, 3.63) is 122 Å². The minimum atomic E-state index is -5.40. The highest BCUT2D eigenvalue weighted by Crippen LogP contribution is 2.49. The second kappa shape index (κ2) is 39.9. The zero-order valence-corrected chi connectivity index (χ0v) is 42.5. The lowest BCUT2D eigenvalue weighted by Gasteiger charge is -2.43. The van der Waals surface area contributed by atoms with Crippen LogP contribution in [0.4, 0.5) is 0 Å². The molecule has 0 aromatic rings. The van der Waals surface area contributed by atoms with Crippen LogP contribution in [0.15, 0.2) is 122 Å². The highest BCUT2D eigenvalue weighted by molar-refractivity contribution is 7.47. The summed E-state index contributed by atoms with van der Waals surface area (Å²) < 4.78 is 49.2. The molecule has 6 unspecified atom stereocenters. The van der Waals surface area contributed by atoms with E-state index >= 15 is 0 Å². The lowest BCUT2D eigenvalue weighted by atomic mass is 9.85. The first-order chi connectivity index (χ1) is 33.5. The summed E-state index contributed by atoms with van der Waals surface area (Å²) in [5, 5.41) is 51.6. The Morgan fingerprint density at radius 1 is 0.529 bits per heavy atom. The molecule has 19 heteroatoms. The fraction of sp³-hybridized carbons (Fsp3) is 0.569. The van der Waals surface area contributed by atoms with Gasteiger partial charge in [0.15, 0.2) is 6.10 Å². The van der Waals surface area contributed by atoms with Crippen molar-refractivity contribution in [1.29, 1.82) is 0 Å². The second-order valence-electron chi connectivity index (χ2n) is 16.3. The van der Waals surface area contributed by atoms with E-state index < -0.39 is 89.6 Å². The number of aliphatic hydroxyl groups excluding tert-OH is 5. The highest BCUT2D eigenvalue weighted by atomic mass is 31.2. The molecule has 0 radical (unpaired) electrons. The quantitative estimate of drug-likeness (QED) is 0.00946. The van der Waals surface area contributed by atoms with Crippen molar-refractivity contribution in [3.63, 3.8) is 0 Å². The van der Waals surface area contributed by atoms with E-state index in [-0.39, 0.29) is 25.7 Å². The number of allylic oxidation sites excluding steroid dienone is 19. The van der Waals surface area contributed by atoms with Crippen LogP contribution < -0.4 is 0 Å². The van der Waals surface area contributed by atoms with Crippen LogP contribution in [0.3, 0.4) is 0 Å². The first-order valence-corrected chi connectivity index (χ1v) is 27.2. The molecule has 1 rings (SSSR count). The molecular formula is C51H80O17P2. The summed E-state index contributed by atoms with van der Waals surface area (Å²) in [7, 11) is -10.8. The molecule has 0 amide bonds. The normalized spacial score (nSPS) is 22.5. The molecular weight excluding hydrogens is 946 g/mol. The summed E-state index contributed by atoms with van der Waals surface area (Å²) in [4.78, 5) is 54.4. The molecule has 0 aromatic carbocycles. The van der Waals surface area contributed by atoms with Crippen LogP contribution in [-0.2, 0) is 41.8 Å². The number of aliphatic hydroxyl groups is 5. The fourth-order valence-electron chi connectivity index (χ4n) is 6.43. The van der Waals surface area contributed by atoms with Gasteiger partial charge in [0, 0.05) is 12.8 Å². The Balaban J connectivity index is 2.70. The topological polar surface area (TPSA) is 276 Å². The summed E-state index contributed by atoms with van der Waals surface area (Å²) in [5.74, 6) is -1.46. The van der Waals surface area contributed by atoms with E-state index in [0.29, 0.717) is 12.8 Å². The Labute approximate surface area is 414 Å². The number of carbonyl (C=O) groups is 2. The van der Waals surface area contributed by atoms with Gasteiger partial charge in [-0.25, -0.2) is 9.13 Å². The van der Waals surface area contributed by atoms with E-state index in [1.807, 2.05) is 12.2 Å². The van der Waals surface area contributed by atoms with Gasteiger partial charge in [0.2, 0.25) is 0 Å². The smallest absolute Gasteiger partial charge is 0.462 e. The predicted octanol–water partition coefficient (Wildman–Crippen LogP) is 8.47. The number of hydrogen-bond acceptors (Lipinski definition) is 14. The van der Waals surface area contributed by atoms with Gasteiger partial charge in [-0.3, -0.25) is 23.2 Å². The average molecular weight is 1030 g/mol. The van der Waals surface area contributed by atoms with E-state index in [1.54, 1.807) is 18.2 Å². The van der Waals surface area contributed by atoms with Gasteiger partial charge in [-0.1, -0.05) is 142 Å². The van der Waals surface area contributed by atoms with Gasteiger partial charge in [-0.15, -0.1) is 0 Å². The van der Waals surface area contributed by atoms with Crippen molar-refractivity contribution >= 4 is 27.6 Å². The molecule has 0 saturated heterocycles. The highest BCUT2D eigenvalue weighted by Gasteiger charge is 2.54. The van der Waals surface area contributed by atoms with Gasteiger partial charge in [0.05, 0.1) is 12.7 Å². The van der Waals surface area contributed by atoms with Crippen LogP contribution in [0.2, 0.25) is 0 Å². The van der Waals surface area contributed by atoms with E-state index in [9.17, 15) is 58.9 Å². The monoisotopic (exact) mass is 1030 g/mol. The summed E-state index contributed by atoms with van der Waals surface area (Å²) in [6.07, 6.45) is 36.0. The van der Waals surface area contributed by atoms with Crippen molar-refractivity contribution in [2.24, 2.45) is 0 Å². The number of carbonyl (C=O) groups excluding carboxylic acids is 2. The van der Waals surface area contributed by atoms with Crippen LogP contribution >= 0.6 is 15.6 Å². The molecule has 0 aliphatic heterocycles. The lowest BCUT2D eigenvalue weighted by Crippen LogP contribution is -2.64. The number of phosphoric ester groups is 2. The molecule has 1 fully saturated rings. The third-order valence-electron chi connectivity index (χ3n) is 10.1. The van der Waals surface area contributed by atoms with Gasteiger partial charge in [0.25, 0.3) is 0 Å². The van der Waals surface area contributed by atoms with Gasteiger partial charge >= 0.3 is 27.6 Å². The number of unbranched alkanes of at least 4 members (excludes halogenated alkanes) is 3. The molecule has 0 bridgehead atoms. The Bertz CT molecular complexity index is 1830. The van der Waals surface area contributed by atoms with Crippen LogP contribution in [0.1, 0.15) is 123 Å². The zero-order chi connectivity index (χ0) is 51.9. The summed E-state index contributed by atoms with van der Waals surface area (Å²) in [6.45, 7) is 2.67. The Morgan fingerprint density at radius 3 is 1.51 bits per heavy atom. The predicted molar refractivity (Wildman–Crippen MR) is 270 cm³/mol. The number of esters is 2. The Kier molecular flexibility index (Phi) is 36.7. The molecule has 1 aliphatic rings. The van der Waals surface area contributed by atoms with Gasteiger partial charge in [-0.05, 0) is 89.9 Å². The lowest BCUT2D eigenvalue weighted by molar-refractivity contribution is -0.216. The van der Waals surface area contributed by atoms with E-state index in [0.717, 1.165) is 70.6 Å². The largest absolute Gasteiger partial charge is 0.472 e. The Morgan fingerprint density at radius 2 is 1.00 bits per heavy atom. The van der Waals surface area contributed by atoms with Crippen molar-refractivity contribution in [3.8, 4) is 0 Å². The average Bonchev–Trinajstić information content (AvgIpc) is 3.31. The summed E-state index contributed by atoms with van der Waals surface area (Å²) in [6, 6.07) is 0. The number of phosphoric acid groups is 2. The summed E-state index contributed by atoms with van der Waals surface area (Å²) in [5.41, 5.74) is 0. The van der Waals surface area contributed by atoms with Crippen molar-refractivity contribution in [1.82, 2.24) is 0 Å². The molecule has 1 aliphatic carbocycles. The standard InChI is InChI=1S/C51H80O17P2/c1-3-5-7-9-11-13-15-17-18-19-20-21-22-24-26-28-30-32-34-38-44(53)64-40-43(41-65-70(62,63)68-51-48(57)46(55)47(56)50(49(51)58)67-69(59,60)61)66-45(54)39-35-37-42(52)36-33-31-29-27-25-23-16-14-12-10-8-6-4-2/h5-8,11-14,17-18,20-21,23-26,29,31,33,36,42-43,46-52,55-58H,3-4,9-10,15-16,19,22,27-28,30,32,34-35,37-41H2,1-2H3,(H,62,63)(H2,59,60,61)/b7-5-,8-6-,13-11-,14-12-,18-17-,21-20-,25-23-,26-24-,31-29-,36-33+/t42?,43-,46?,47?,48?,49?,50-,51+/m1/s1. The minimum absolute atomic E-state index is 0.0323. The van der Waals surface area contributed by atoms with Crippen LogP contribution in [0, 0.1) is 0 Å². The van der Waals surface area contributed by atoms with E-state index in [2.05, 4.69) is 110 Å². The van der Waals surface area contributed by atoms with Crippen LogP contribution in [0.25, 0.3) is 0 Å². The Hall–Kier alpha value is -3.64. The maximum absolute atomic E-state index is 13.0. The SMILES string of the molecule is CC/C=C\C/C=C\C/C=C\C/C=C\C=C\C(O)CCCC(=O)O[C@H](COC(=O)CCCCC/C=C\C/C=C\C/C=C\C/C=C\C/C=C\CC)COP(=O)(O)O[C@H]1C(O)C(O)C(O)[C@@H](OP(=O)(O)O)C1O. The number of rotatable bonds is 38. The zero-order valence-electron chi connectivity index (χ0n) is 40.7. The van der Waals surface area contributed by atoms with Gasteiger partial charge < -0.3 is 49.7 Å². The van der Waals surface area contributed by atoms with E-state index in [1.165, 1.54) is 0 Å². The van der Waals surface area contributed by atoms with Gasteiger partial charge in [0.1, 0.15) is 43.2 Å². The van der Waals surface area contributed by atoms with Crippen LogP contribution in [0.5, 0.6) is 0 Å². The molecule has 0 heterocycles. The van der Waals surface area contributed by atoms with Crippen molar-refractivity contribution in [2.75, 3.05) is 13.2 Å².